The SMILES string of the molecule is CC1(C)[C@H](C(=O)Nc2ccc(F)cc2C(F)(F)F)[C@H]1C1C=CC(S(N)(=O)=O)=CC1. The molecular weight excluding hydrogens is 412 g/mol. The zero-order valence-electron chi connectivity index (χ0n) is 15.6. The number of carbonyl (C=O) groups is 1. The van der Waals surface area contributed by atoms with E-state index in [0.29, 0.717) is 12.5 Å². The van der Waals surface area contributed by atoms with Crippen LogP contribution >= 0.6 is 0 Å². The molecule has 5 nitrogen and oxygen atoms in total. The number of hydrogen-bond donors (Lipinski definition) is 2. The molecular formula is C19H20F4N2O3S. The van der Waals surface area contributed by atoms with Crippen LogP contribution in [0.4, 0.5) is 23.2 Å². The number of halogens is 4. The second-order valence-electron chi connectivity index (χ2n) is 7.91. The minimum absolute atomic E-state index is 0.00524. The Kier molecular flexibility index (Phi) is 5.15. The molecule has 1 fully saturated rings. The van der Waals surface area contributed by atoms with Crippen LogP contribution in [0.15, 0.2) is 41.3 Å². The average molecular weight is 432 g/mol. The summed E-state index contributed by atoms with van der Waals surface area (Å²) in [5.41, 5.74) is -2.25. The van der Waals surface area contributed by atoms with Gasteiger partial charge in [-0.05, 0) is 47.9 Å². The van der Waals surface area contributed by atoms with Gasteiger partial charge in [0.05, 0.1) is 16.2 Å². The van der Waals surface area contributed by atoms with E-state index in [1.807, 2.05) is 13.8 Å². The molecule has 3 atom stereocenters. The number of carbonyl (C=O) groups excluding carboxylic acids is 1. The molecule has 1 aromatic carbocycles. The molecule has 3 N–H and O–H groups in total. The van der Waals surface area contributed by atoms with Crippen LogP contribution in [0, 0.1) is 29.0 Å². The van der Waals surface area contributed by atoms with E-state index in [9.17, 15) is 30.8 Å². The quantitative estimate of drug-likeness (QED) is 0.710. The normalized spacial score (nSPS) is 26.0. The number of nitrogens with two attached hydrogens (primary N) is 1. The Balaban J connectivity index is 1.77. The van der Waals surface area contributed by atoms with Crippen molar-refractivity contribution >= 4 is 21.6 Å². The third-order valence-corrected chi connectivity index (χ3v) is 6.59. The maximum absolute atomic E-state index is 13.3. The number of amides is 1. The third-order valence-electron chi connectivity index (χ3n) is 5.63. The van der Waals surface area contributed by atoms with Crippen LogP contribution in [0.1, 0.15) is 25.8 Å². The van der Waals surface area contributed by atoms with Crippen molar-refractivity contribution in [3.63, 3.8) is 0 Å². The standard InChI is InChI=1S/C19H20F4N2O3S/c1-18(2)15(10-3-6-12(7-4-10)29(24,27)28)16(18)17(26)25-14-8-5-11(20)9-13(14)19(21,22)23/h3,5-10,15-16H,4H2,1-2H3,(H,25,26)(H2,24,27,28)/t10?,15-,16+/m1/s1. The summed E-state index contributed by atoms with van der Waals surface area (Å²) in [5.74, 6) is -2.56. The Bertz CT molecular complexity index is 1010. The largest absolute Gasteiger partial charge is 0.418 e. The van der Waals surface area contributed by atoms with Crippen LogP contribution in [-0.2, 0) is 21.0 Å². The molecule has 0 saturated heterocycles. The fourth-order valence-electron chi connectivity index (χ4n) is 4.14. The molecule has 0 heterocycles. The molecule has 0 aromatic heterocycles. The van der Waals surface area contributed by atoms with Crippen LogP contribution in [0.2, 0.25) is 0 Å². The van der Waals surface area contributed by atoms with Gasteiger partial charge in [-0.1, -0.05) is 26.0 Å². The lowest BCUT2D eigenvalue weighted by atomic mass is 9.91. The Morgan fingerprint density at radius 1 is 1.28 bits per heavy atom. The topological polar surface area (TPSA) is 89.3 Å². The lowest BCUT2D eigenvalue weighted by Gasteiger charge is -2.17. The molecule has 158 valence electrons. The zero-order chi connectivity index (χ0) is 21.8. The molecule has 0 spiro atoms. The minimum atomic E-state index is -4.82. The van der Waals surface area contributed by atoms with Gasteiger partial charge in [-0.15, -0.1) is 0 Å². The second kappa shape index (κ2) is 6.94. The maximum Gasteiger partial charge on any atom is 0.418 e. The van der Waals surface area contributed by atoms with Crippen LogP contribution in [0.3, 0.4) is 0 Å². The van der Waals surface area contributed by atoms with Gasteiger partial charge < -0.3 is 5.32 Å². The van der Waals surface area contributed by atoms with Gasteiger partial charge in [-0.2, -0.15) is 13.2 Å². The summed E-state index contributed by atoms with van der Waals surface area (Å²) in [7, 11) is -3.82. The van der Waals surface area contributed by atoms with Gasteiger partial charge in [0.25, 0.3) is 0 Å². The molecule has 10 heteroatoms. The summed E-state index contributed by atoms with van der Waals surface area (Å²) in [6.45, 7) is 3.65. The van der Waals surface area contributed by atoms with E-state index in [2.05, 4.69) is 5.32 Å². The molecule has 2 aliphatic rings. The molecule has 1 saturated carbocycles. The highest BCUT2D eigenvalue weighted by atomic mass is 32.2. The summed E-state index contributed by atoms with van der Waals surface area (Å²) < 4.78 is 75.5. The van der Waals surface area contributed by atoms with Gasteiger partial charge in [-0.25, -0.2) is 17.9 Å². The van der Waals surface area contributed by atoms with E-state index in [-0.39, 0.29) is 16.7 Å². The molecule has 29 heavy (non-hydrogen) atoms. The van der Waals surface area contributed by atoms with Gasteiger partial charge in [0.1, 0.15) is 5.82 Å². The van der Waals surface area contributed by atoms with Gasteiger partial charge in [0, 0.05) is 5.92 Å². The lowest BCUT2D eigenvalue weighted by Crippen LogP contribution is -2.21. The van der Waals surface area contributed by atoms with Gasteiger partial charge >= 0.3 is 6.18 Å². The van der Waals surface area contributed by atoms with Gasteiger partial charge in [0.15, 0.2) is 0 Å². The highest BCUT2D eigenvalue weighted by Crippen LogP contribution is 2.63. The predicted molar refractivity (Wildman–Crippen MR) is 99.2 cm³/mol. The van der Waals surface area contributed by atoms with Crippen LogP contribution < -0.4 is 10.5 Å². The van der Waals surface area contributed by atoms with Crippen molar-refractivity contribution in [3.8, 4) is 0 Å². The third kappa shape index (κ3) is 4.23. The first-order valence-corrected chi connectivity index (χ1v) is 10.4. The minimum Gasteiger partial charge on any atom is -0.325 e. The van der Waals surface area contributed by atoms with E-state index >= 15 is 0 Å². The van der Waals surface area contributed by atoms with E-state index < -0.39 is 50.5 Å². The zero-order valence-corrected chi connectivity index (χ0v) is 16.4. The van der Waals surface area contributed by atoms with Crippen LogP contribution in [-0.4, -0.2) is 14.3 Å². The summed E-state index contributed by atoms with van der Waals surface area (Å²) in [6.07, 6.45) is 0.0624. The molecule has 0 aliphatic heterocycles. The van der Waals surface area contributed by atoms with E-state index in [4.69, 9.17) is 5.14 Å². The highest BCUT2D eigenvalue weighted by molar-refractivity contribution is 7.93. The number of nitrogens with one attached hydrogen (secondary N) is 1. The molecule has 1 aromatic rings. The summed E-state index contributed by atoms with van der Waals surface area (Å²) in [5, 5.41) is 7.37. The Morgan fingerprint density at radius 2 is 1.93 bits per heavy atom. The highest BCUT2D eigenvalue weighted by Gasteiger charge is 2.63. The van der Waals surface area contributed by atoms with E-state index in [1.54, 1.807) is 6.08 Å². The fraction of sp³-hybridized carbons (Fsp3) is 0.421. The van der Waals surface area contributed by atoms with Gasteiger partial charge in [-0.3, -0.25) is 4.79 Å². The summed E-state index contributed by atoms with van der Waals surface area (Å²) >= 11 is 0. The molecule has 1 amide bonds. The Labute approximate surface area is 165 Å². The van der Waals surface area contributed by atoms with Crippen molar-refractivity contribution in [3.05, 3.63) is 52.7 Å². The lowest BCUT2D eigenvalue weighted by molar-refractivity contribution is -0.137. The second-order valence-corrected chi connectivity index (χ2v) is 9.47. The fourth-order valence-corrected chi connectivity index (χ4v) is 4.74. The van der Waals surface area contributed by atoms with Crippen molar-refractivity contribution in [1.82, 2.24) is 0 Å². The number of primary sulfonamides is 1. The van der Waals surface area contributed by atoms with Crippen molar-refractivity contribution in [2.75, 3.05) is 5.32 Å². The number of rotatable bonds is 4. The smallest absolute Gasteiger partial charge is 0.325 e. The first kappa shape index (κ1) is 21.5. The van der Waals surface area contributed by atoms with Crippen molar-refractivity contribution in [2.45, 2.75) is 26.4 Å². The van der Waals surface area contributed by atoms with Crippen molar-refractivity contribution < 1.29 is 30.8 Å². The van der Waals surface area contributed by atoms with Crippen molar-refractivity contribution in [1.29, 1.82) is 0 Å². The Hall–Kier alpha value is -2.20. The number of allylic oxidation sites excluding steroid dienone is 3. The van der Waals surface area contributed by atoms with Crippen molar-refractivity contribution in [2.24, 2.45) is 28.3 Å². The Morgan fingerprint density at radius 3 is 2.45 bits per heavy atom. The van der Waals surface area contributed by atoms with Gasteiger partial charge in [0.2, 0.25) is 15.9 Å². The number of sulfonamides is 1. The van der Waals surface area contributed by atoms with E-state index in [1.165, 1.54) is 12.2 Å². The number of anilines is 1. The first-order chi connectivity index (χ1) is 13.2. The molecule has 2 aliphatic carbocycles. The monoisotopic (exact) mass is 432 g/mol. The number of hydrogen-bond acceptors (Lipinski definition) is 3. The molecule has 0 bridgehead atoms. The first-order valence-electron chi connectivity index (χ1n) is 8.81. The molecule has 1 unspecified atom stereocenters. The molecule has 3 rings (SSSR count). The molecule has 0 radical (unpaired) electrons. The number of benzene rings is 1. The van der Waals surface area contributed by atoms with Crippen LogP contribution in [0.25, 0.3) is 0 Å². The van der Waals surface area contributed by atoms with E-state index in [0.717, 1.165) is 12.1 Å². The average Bonchev–Trinajstić information content (AvgIpc) is 3.17. The predicted octanol–water partition coefficient (Wildman–Crippen LogP) is 3.80. The summed E-state index contributed by atoms with van der Waals surface area (Å²) in [4.78, 5) is 12.7. The number of alkyl halides is 3. The van der Waals surface area contributed by atoms with Crippen LogP contribution in [0.5, 0.6) is 0 Å². The maximum atomic E-state index is 13.3. The summed E-state index contributed by atoms with van der Waals surface area (Å²) in [6, 6.07) is 2.08.